The van der Waals surface area contributed by atoms with Crippen molar-refractivity contribution >= 4 is 17.6 Å². The minimum absolute atomic E-state index is 0.186. The van der Waals surface area contributed by atoms with E-state index in [1.54, 1.807) is 17.7 Å². The number of halogens is 1. The largest absolute Gasteiger partial charge is 0.465 e. The molecule has 3 aromatic rings. The maximum Gasteiger partial charge on any atom is 0.344 e. The second-order valence-corrected chi connectivity index (χ2v) is 5.66. The van der Waals surface area contributed by atoms with Gasteiger partial charge in [-0.2, -0.15) is 0 Å². The van der Waals surface area contributed by atoms with Crippen LogP contribution in [0.1, 0.15) is 6.92 Å². The Balaban J connectivity index is 1.96. The van der Waals surface area contributed by atoms with E-state index in [4.69, 9.17) is 21.1 Å². The van der Waals surface area contributed by atoms with Gasteiger partial charge in [0.1, 0.15) is 0 Å². The molecule has 25 heavy (non-hydrogen) atoms. The van der Waals surface area contributed by atoms with E-state index < -0.39 is 5.97 Å². The normalized spacial score (nSPS) is 10.5. The Kier molecular flexibility index (Phi) is 5.36. The standard InChI is InChI=1S/C19H17ClN2O3/c1-2-24-19(23)13-25-18-12-17(14-7-6-8-15(20)11-14)22(21-18)16-9-4-3-5-10-16/h3-12H,2,13H2,1H3. The van der Waals surface area contributed by atoms with Crippen LogP contribution in [-0.2, 0) is 9.53 Å². The van der Waals surface area contributed by atoms with Gasteiger partial charge in [0.2, 0.25) is 5.88 Å². The van der Waals surface area contributed by atoms with Crippen LogP contribution < -0.4 is 4.74 Å². The minimum atomic E-state index is -0.430. The number of benzene rings is 2. The summed E-state index contributed by atoms with van der Waals surface area (Å²) in [5.74, 6) is -0.0899. The highest BCUT2D eigenvalue weighted by Crippen LogP contribution is 2.28. The van der Waals surface area contributed by atoms with Gasteiger partial charge < -0.3 is 9.47 Å². The van der Waals surface area contributed by atoms with Crippen molar-refractivity contribution in [2.45, 2.75) is 6.92 Å². The fourth-order valence-corrected chi connectivity index (χ4v) is 2.58. The van der Waals surface area contributed by atoms with Crippen LogP contribution >= 0.6 is 11.6 Å². The topological polar surface area (TPSA) is 53.4 Å². The first-order chi connectivity index (χ1) is 12.2. The molecule has 0 N–H and O–H groups in total. The first-order valence-corrected chi connectivity index (χ1v) is 8.25. The fraction of sp³-hybridized carbons (Fsp3) is 0.158. The number of carbonyl (C=O) groups excluding carboxylic acids is 1. The van der Waals surface area contributed by atoms with E-state index in [1.165, 1.54) is 0 Å². The van der Waals surface area contributed by atoms with Gasteiger partial charge in [-0.1, -0.05) is 41.9 Å². The SMILES string of the molecule is CCOC(=O)COc1cc(-c2cccc(Cl)c2)n(-c2ccccc2)n1. The molecule has 0 radical (unpaired) electrons. The van der Waals surface area contributed by atoms with Gasteiger partial charge in [-0.15, -0.1) is 5.10 Å². The lowest BCUT2D eigenvalue weighted by Gasteiger charge is -2.07. The number of carbonyl (C=O) groups is 1. The van der Waals surface area contributed by atoms with Gasteiger partial charge in [0.15, 0.2) is 6.61 Å². The van der Waals surface area contributed by atoms with E-state index in [1.807, 2.05) is 54.6 Å². The fourth-order valence-electron chi connectivity index (χ4n) is 2.38. The Morgan fingerprint density at radius 2 is 1.92 bits per heavy atom. The smallest absolute Gasteiger partial charge is 0.344 e. The van der Waals surface area contributed by atoms with E-state index in [2.05, 4.69) is 5.10 Å². The molecule has 6 heteroatoms. The monoisotopic (exact) mass is 356 g/mol. The highest BCUT2D eigenvalue weighted by Gasteiger charge is 2.14. The summed E-state index contributed by atoms with van der Waals surface area (Å²) in [5, 5.41) is 5.09. The molecule has 0 spiro atoms. The van der Waals surface area contributed by atoms with Crippen LogP contribution in [0.15, 0.2) is 60.7 Å². The van der Waals surface area contributed by atoms with Gasteiger partial charge in [-0.25, -0.2) is 9.48 Å². The quantitative estimate of drug-likeness (QED) is 0.623. The van der Waals surface area contributed by atoms with Crippen molar-refractivity contribution in [2.75, 3.05) is 13.2 Å². The molecule has 0 amide bonds. The van der Waals surface area contributed by atoms with Crippen molar-refractivity contribution in [3.63, 3.8) is 0 Å². The summed E-state index contributed by atoms with van der Waals surface area (Å²) in [6.07, 6.45) is 0. The van der Waals surface area contributed by atoms with Crippen molar-refractivity contribution in [2.24, 2.45) is 0 Å². The average molecular weight is 357 g/mol. The van der Waals surface area contributed by atoms with Crippen LogP contribution in [0.2, 0.25) is 5.02 Å². The zero-order valence-corrected chi connectivity index (χ0v) is 14.4. The number of aromatic nitrogens is 2. The average Bonchev–Trinajstić information content (AvgIpc) is 3.05. The summed E-state index contributed by atoms with van der Waals surface area (Å²) < 4.78 is 12.1. The second-order valence-electron chi connectivity index (χ2n) is 5.22. The highest BCUT2D eigenvalue weighted by molar-refractivity contribution is 6.30. The van der Waals surface area contributed by atoms with Gasteiger partial charge in [-0.05, 0) is 31.2 Å². The molecule has 2 aromatic carbocycles. The van der Waals surface area contributed by atoms with Gasteiger partial charge in [0.05, 0.1) is 18.0 Å². The van der Waals surface area contributed by atoms with Crippen molar-refractivity contribution in [3.8, 4) is 22.8 Å². The number of para-hydroxylation sites is 1. The van der Waals surface area contributed by atoms with E-state index in [0.29, 0.717) is 17.5 Å². The third kappa shape index (κ3) is 4.19. The molecule has 0 fully saturated rings. The van der Waals surface area contributed by atoms with Crippen LogP contribution in [-0.4, -0.2) is 29.0 Å². The summed E-state index contributed by atoms with van der Waals surface area (Å²) in [4.78, 5) is 11.5. The molecule has 0 unspecified atom stereocenters. The minimum Gasteiger partial charge on any atom is -0.465 e. The van der Waals surface area contributed by atoms with Crippen LogP contribution in [0, 0.1) is 0 Å². The molecule has 1 heterocycles. The molecule has 1 aromatic heterocycles. The number of nitrogens with zero attached hydrogens (tertiary/aromatic N) is 2. The van der Waals surface area contributed by atoms with Crippen molar-refractivity contribution in [3.05, 3.63) is 65.7 Å². The number of hydrogen-bond donors (Lipinski definition) is 0. The maximum atomic E-state index is 11.5. The van der Waals surface area contributed by atoms with Gasteiger partial charge in [0.25, 0.3) is 0 Å². The first kappa shape index (κ1) is 17.0. The Morgan fingerprint density at radius 1 is 1.12 bits per heavy atom. The van der Waals surface area contributed by atoms with Crippen LogP contribution in [0.4, 0.5) is 0 Å². The molecule has 128 valence electrons. The number of esters is 1. The molecule has 0 atom stereocenters. The summed E-state index contributed by atoms with van der Waals surface area (Å²) in [7, 11) is 0. The molecule has 0 bridgehead atoms. The Hall–Kier alpha value is -2.79. The molecular weight excluding hydrogens is 340 g/mol. The van der Waals surface area contributed by atoms with Crippen LogP contribution in [0.3, 0.4) is 0 Å². The molecule has 5 nitrogen and oxygen atoms in total. The summed E-state index contributed by atoms with van der Waals surface area (Å²) in [6.45, 7) is 1.88. The third-order valence-electron chi connectivity index (χ3n) is 3.45. The zero-order valence-electron chi connectivity index (χ0n) is 13.7. The van der Waals surface area contributed by atoms with Crippen molar-refractivity contribution < 1.29 is 14.3 Å². The van der Waals surface area contributed by atoms with Crippen LogP contribution in [0.5, 0.6) is 5.88 Å². The summed E-state index contributed by atoms with van der Waals surface area (Å²) in [5.41, 5.74) is 2.59. The lowest BCUT2D eigenvalue weighted by Crippen LogP contribution is -2.14. The predicted octanol–water partition coefficient (Wildman–Crippen LogP) is 4.13. The molecule has 0 saturated carbocycles. The van der Waals surface area contributed by atoms with E-state index in [9.17, 15) is 4.79 Å². The maximum absolute atomic E-state index is 11.5. The molecule has 0 aliphatic heterocycles. The molecular formula is C19H17ClN2O3. The predicted molar refractivity (Wildman–Crippen MR) is 96.1 cm³/mol. The lowest BCUT2D eigenvalue weighted by atomic mass is 10.1. The van der Waals surface area contributed by atoms with Crippen LogP contribution in [0.25, 0.3) is 16.9 Å². The Bertz CT molecular complexity index is 862. The molecule has 0 aliphatic rings. The van der Waals surface area contributed by atoms with Crippen molar-refractivity contribution in [1.29, 1.82) is 0 Å². The van der Waals surface area contributed by atoms with Gasteiger partial charge in [0, 0.05) is 16.7 Å². The van der Waals surface area contributed by atoms with Crippen molar-refractivity contribution in [1.82, 2.24) is 9.78 Å². The Morgan fingerprint density at radius 3 is 2.64 bits per heavy atom. The number of hydrogen-bond acceptors (Lipinski definition) is 4. The van der Waals surface area contributed by atoms with Gasteiger partial charge in [-0.3, -0.25) is 0 Å². The number of rotatable bonds is 6. The first-order valence-electron chi connectivity index (χ1n) is 7.87. The zero-order chi connectivity index (χ0) is 17.6. The second kappa shape index (κ2) is 7.85. The van der Waals surface area contributed by atoms with E-state index in [0.717, 1.165) is 16.9 Å². The summed E-state index contributed by atoms with van der Waals surface area (Å²) in [6, 6.07) is 18.9. The van der Waals surface area contributed by atoms with E-state index >= 15 is 0 Å². The third-order valence-corrected chi connectivity index (χ3v) is 3.69. The molecule has 0 saturated heterocycles. The molecule has 0 aliphatic carbocycles. The Labute approximate surface area is 150 Å². The highest BCUT2D eigenvalue weighted by atomic mass is 35.5. The molecule has 3 rings (SSSR count). The van der Waals surface area contributed by atoms with Gasteiger partial charge >= 0.3 is 5.97 Å². The number of ether oxygens (including phenoxy) is 2. The lowest BCUT2D eigenvalue weighted by molar-refractivity contribution is -0.145. The summed E-state index contributed by atoms with van der Waals surface area (Å²) >= 11 is 6.12. The van der Waals surface area contributed by atoms with E-state index in [-0.39, 0.29) is 6.61 Å².